The molecule has 0 amide bonds. The fourth-order valence-electron chi connectivity index (χ4n) is 3.60. The third-order valence-electron chi connectivity index (χ3n) is 5.19. The van der Waals surface area contributed by atoms with Crippen molar-refractivity contribution in [3.63, 3.8) is 0 Å². The number of aromatic nitrogens is 2. The Balaban J connectivity index is 1.68. The molecule has 0 saturated heterocycles. The summed E-state index contributed by atoms with van der Waals surface area (Å²) in [5.41, 5.74) is 4.57. The molecule has 7 heteroatoms. The second-order valence-corrected chi connectivity index (χ2v) is 8.18. The van der Waals surface area contributed by atoms with Crippen LogP contribution < -0.4 is 4.74 Å². The van der Waals surface area contributed by atoms with E-state index in [1.165, 1.54) is 0 Å². The van der Waals surface area contributed by atoms with E-state index in [1.54, 1.807) is 30.3 Å². The highest BCUT2D eigenvalue weighted by molar-refractivity contribution is 6.35. The lowest BCUT2D eigenvalue weighted by atomic mass is 10.1. The van der Waals surface area contributed by atoms with Gasteiger partial charge in [-0.2, -0.15) is 0 Å². The Bertz CT molecular complexity index is 1300. The fraction of sp³-hybridized carbons (Fsp3) is 0.167. The number of benzene rings is 3. The number of fused-ring (bicyclic) bond motifs is 1. The first-order valence-electron chi connectivity index (χ1n) is 9.69. The van der Waals surface area contributed by atoms with Crippen LogP contribution in [0.5, 0.6) is 5.75 Å². The molecule has 0 atom stereocenters. The molecule has 3 aromatic carbocycles. The lowest BCUT2D eigenvalue weighted by molar-refractivity contribution is 0.0694. The Morgan fingerprint density at radius 2 is 1.84 bits per heavy atom. The van der Waals surface area contributed by atoms with Crippen molar-refractivity contribution >= 4 is 40.2 Å². The molecule has 0 aliphatic rings. The molecular formula is C24H20Cl2N2O3. The Morgan fingerprint density at radius 1 is 1.06 bits per heavy atom. The van der Waals surface area contributed by atoms with Crippen LogP contribution in [-0.4, -0.2) is 20.6 Å². The summed E-state index contributed by atoms with van der Waals surface area (Å²) in [5, 5.41) is 10.6. The predicted molar refractivity (Wildman–Crippen MR) is 123 cm³/mol. The van der Waals surface area contributed by atoms with E-state index in [0.29, 0.717) is 27.9 Å². The van der Waals surface area contributed by atoms with Crippen molar-refractivity contribution in [3.8, 4) is 5.75 Å². The summed E-state index contributed by atoms with van der Waals surface area (Å²) >= 11 is 12.4. The highest BCUT2D eigenvalue weighted by Gasteiger charge is 2.15. The maximum atomic E-state index is 11.4. The van der Waals surface area contributed by atoms with Crippen molar-refractivity contribution in [2.75, 3.05) is 0 Å². The molecule has 0 radical (unpaired) electrons. The van der Waals surface area contributed by atoms with Gasteiger partial charge in [0.1, 0.15) is 18.2 Å². The van der Waals surface area contributed by atoms with Crippen LogP contribution in [0, 0.1) is 13.8 Å². The van der Waals surface area contributed by atoms with Crippen molar-refractivity contribution in [3.05, 3.63) is 92.7 Å². The number of halogens is 2. The van der Waals surface area contributed by atoms with Gasteiger partial charge in [-0.05, 0) is 49.2 Å². The Labute approximate surface area is 189 Å². The largest absolute Gasteiger partial charge is 0.489 e. The summed E-state index contributed by atoms with van der Waals surface area (Å²) in [6.07, 6.45) is 0. The molecule has 0 fully saturated rings. The van der Waals surface area contributed by atoms with Gasteiger partial charge in [0.05, 0.1) is 23.1 Å². The lowest BCUT2D eigenvalue weighted by Gasteiger charge is -2.12. The maximum Gasteiger partial charge on any atom is 0.336 e. The summed E-state index contributed by atoms with van der Waals surface area (Å²) in [5.74, 6) is 0.533. The van der Waals surface area contributed by atoms with E-state index < -0.39 is 5.97 Å². The zero-order valence-electron chi connectivity index (χ0n) is 17.0. The first-order valence-corrected chi connectivity index (χ1v) is 10.4. The number of carboxylic acid groups (broad SMARTS) is 1. The van der Waals surface area contributed by atoms with Gasteiger partial charge in [-0.1, -0.05) is 47.5 Å². The van der Waals surface area contributed by atoms with Gasteiger partial charge < -0.3 is 14.4 Å². The van der Waals surface area contributed by atoms with Crippen molar-refractivity contribution in [1.29, 1.82) is 0 Å². The van der Waals surface area contributed by atoms with Crippen LogP contribution in [0.3, 0.4) is 0 Å². The SMILES string of the molecule is Cc1cc(OCc2ccccc2C(=O)O)cc2c1nc(C)n2Cc1ccc(Cl)cc1Cl. The third kappa shape index (κ3) is 4.38. The van der Waals surface area contributed by atoms with Crippen LogP contribution in [0.15, 0.2) is 54.6 Å². The predicted octanol–water partition coefficient (Wildman–Crippen LogP) is 6.29. The normalized spacial score (nSPS) is 11.1. The second-order valence-electron chi connectivity index (χ2n) is 7.34. The van der Waals surface area contributed by atoms with Gasteiger partial charge in [0, 0.05) is 21.7 Å². The molecule has 1 heterocycles. The van der Waals surface area contributed by atoms with Crippen LogP contribution in [0.25, 0.3) is 11.0 Å². The molecule has 0 bridgehead atoms. The second kappa shape index (κ2) is 8.61. The topological polar surface area (TPSA) is 64.3 Å². The van der Waals surface area contributed by atoms with E-state index in [4.69, 9.17) is 32.9 Å². The molecule has 0 aliphatic carbocycles. The van der Waals surface area contributed by atoms with Gasteiger partial charge in [-0.3, -0.25) is 0 Å². The minimum absolute atomic E-state index is 0.156. The average molecular weight is 455 g/mol. The van der Waals surface area contributed by atoms with Crippen LogP contribution in [0.4, 0.5) is 0 Å². The summed E-state index contributed by atoms with van der Waals surface area (Å²) in [6, 6.07) is 16.1. The van der Waals surface area contributed by atoms with Gasteiger partial charge in [-0.25, -0.2) is 9.78 Å². The number of carboxylic acids is 1. The number of ether oxygens (including phenoxy) is 1. The van der Waals surface area contributed by atoms with Crippen LogP contribution in [0.2, 0.25) is 10.0 Å². The Kier molecular flexibility index (Phi) is 5.90. The smallest absolute Gasteiger partial charge is 0.336 e. The average Bonchev–Trinajstić information content (AvgIpc) is 3.04. The standard InChI is InChI=1S/C24H20Cl2N2O3/c1-14-9-19(31-13-17-5-3-4-6-20(17)24(29)30)11-22-23(14)27-15(2)28(22)12-16-7-8-18(25)10-21(16)26/h3-11H,12-13H2,1-2H3,(H,29,30). The number of imidazole rings is 1. The minimum atomic E-state index is -0.973. The molecule has 5 nitrogen and oxygen atoms in total. The number of nitrogens with zero attached hydrogens (tertiary/aromatic N) is 2. The molecule has 4 aromatic rings. The molecule has 1 aromatic heterocycles. The fourth-order valence-corrected chi connectivity index (χ4v) is 4.06. The van der Waals surface area contributed by atoms with E-state index in [2.05, 4.69) is 4.57 Å². The van der Waals surface area contributed by atoms with E-state index in [1.807, 2.05) is 38.1 Å². The molecule has 31 heavy (non-hydrogen) atoms. The zero-order valence-corrected chi connectivity index (χ0v) is 18.5. The first kappa shape index (κ1) is 21.2. The maximum absolute atomic E-state index is 11.4. The minimum Gasteiger partial charge on any atom is -0.489 e. The molecule has 0 unspecified atom stereocenters. The summed E-state index contributed by atoms with van der Waals surface area (Å²) in [7, 11) is 0. The highest BCUT2D eigenvalue weighted by atomic mass is 35.5. The Morgan fingerprint density at radius 3 is 2.58 bits per heavy atom. The molecular weight excluding hydrogens is 435 g/mol. The van der Waals surface area contributed by atoms with Crippen molar-refractivity contribution in [2.24, 2.45) is 0 Å². The third-order valence-corrected chi connectivity index (χ3v) is 5.78. The van der Waals surface area contributed by atoms with Crippen LogP contribution in [0.1, 0.15) is 32.9 Å². The molecule has 1 N–H and O–H groups in total. The van der Waals surface area contributed by atoms with E-state index >= 15 is 0 Å². The van der Waals surface area contributed by atoms with Crippen LogP contribution >= 0.6 is 23.2 Å². The van der Waals surface area contributed by atoms with Crippen molar-refractivity contribution in [2.45, 2.75) is 27.0 Å². The molecule has 4 rings (SSSR count). The molecule has 158 valence electrons. The number of aromatic carboxylic acids is 1. The zero-order chi connectivity index (χ0) is 22.1. The van der Waals surface area contributed by atoms with Gasteiger partial charge in [0.2, 0.25) is 0 Å². The highest BCUT2D eigenvalue weighted by Crippen LogP contribution is 2.29. The first-order chi connectivity index (χ1) is 14.8. The van der Waals surface area contributed by atoms with Crippen molar-refractivity contribution < 1.29 is 14.6 Å². The number of hydrogen-bond donors (Lipinski definition) is 1. The number of aryl methyl sites for hydroxylation is 2. The number of carbonyl (C=O) groups is 1. The monoisotopic (exact) mass is 454 g/mol. The van der Waals surface area contributed by atoms with Gasteiger partial charge in [0.25, 0.3) is 0 Å². The number of hydrogen-bond acceptors (Lipinski definition) is 3. The summed E-state index contributed by atoms with van der Waals surface area (Å²) in [4.78, 5) is 16.2. The molecule has 0 aliphatic heterocycles. The van der Waals surface area contributed by atoms with Gasteiger partial charge in [0.15, 0.2) is 0 Å². The van der Waals surface area contributed by atoms with Gasteiger partial charge in [-0.15, -0.1) is 0 Å². The number of rotatable bonds is 6. The molecule has 0 saturated carbocycles. The van der Waals surface area contributed by atoms with E-state index in [-0.39, 0.29) is 12.2 Å². The lowest BCUT2D eigenvalue weighted by Crippen LogP contribution is -2.06. The van der Waals surface area contributed by atoms with E-state index in [0.717, 1.165) is 28.0 Å². The summed E-state index contributed by atoms with van der Waals surface area (Å²) in [6.45, 7) is 4.63. The quantitative estimate of drug-likeness (QED) is 0.371. The van der Waals surface area contributed by atoms with Crippen molar-refractivity contribution in [1.82, 2.24) is 9.55 Å². The van der Waals surface area contributed by atoms with E-state index in [9.17, 15) is 9.90 Å². The van der Waals surface area contributed by atoms with Gasteiger partial charge >= 0.3 is 5.97 Å². The Hall–Kier alpha value is -3.02. The molecule has 0 spiro atoms. The summed E-state index contributed by atoms with van der Waals surface area (Å²) < 4.78 is 8.06. The van der Waals surface area contributed by atoms with Crippen LogP contribution in [-0.2, 0) is 13.2 Å².